The number of benzene rings is 1. The first kappa shape index (κ1) is 14.1. The molecular weight excluding hydrogens is 313 g/mol. The maximum absolute atomic E-state index is 11.1. The molecule has 1 aromatic carbocycles. The zero-order valence-electron chi connectivity index (χ0n) is 7.79. The minimum absolute atomic E-state index is 0.235. The highest BCUT2D eigenvalue weighted by Gasteiger charge is 2.18. The zero-order chi connectivity index (χ0) is 13.3. The van der Waals surface area contributed by atoms with Crippen LogP contribution in [-0.4, -0.2) is 22.9 Å². The van der Waals surface area contributed by atoms with Crippen LogP contribution < -0.4 is 0 Å². The minimum atomic E-state index is -4.17. The first-order valence-corrected chi connectivity index (χ1v) is 8.39. The van der Waals surface area contributed by atoms with Crippen LogP contribution in [0, 0.1) is 0 Å². The number of rotatable bonds is 3. The summed E-state index contributed by atoms with van der Waals surface area (Å²) < 4.78 is 44.2. The van der Waals surface area contributed by atoms with Gasteiger partial charge in [-0.25, -0.2) is 21.6 Å². The number of nitrogens with zero attached hydrogens (tertiary/aromatic N) is 1. The van der Waals surface area contributed by atoms with Crippen molar-refractivity contribution in [2.45, 2.75) is 9.79 Å². The largest absolute Gasteiger partial charge is 0.261 e. The molecule has 10 heteroatoms. The van der Waals surface area contributed by atoms with Crippen LogP contribution in [-0.2, 0) is 22.9 Å². The maximum atomic E-state index is 11.1. The average molecular weight is 316 g/mol. The number of aliphatic imine (C=N–C) groups is 1. The third-order valence-electron chi connectivity index (χ3n) is 1.60. The van der Waals surface area contributed by atoms with E-state index in [1.165, 1.54) is 0 Å². The fourth-order valence-electron chi connectivity index (χ4n) is 0.956. The lowest BCUT2D eigenvalue weighted by molar-refractivity contribution is 0.565. The molecular formula is C7H3Cl2NO5S2. The molecule has 0 aliphatic rings. The molecule has 0 saturated heterocycles. The van der Waals surface area contributed by atoms with E-state index in [1.807, 2.05) is 0 Å². The molecule has 0 saturated carbocycles. The Morgan fingerprint density at radius 1 is 0.941 bits per heavy atom. The smallest absolute Gasteiger partial charge is 0.211 e. The highest BCUT2D eigenvalue weighted by atomic mass is 35.7. The molecule has 0 aliphatic carbocycles. The molecule has 0 unspecified atom stereocenters. The Bertz CT molecular complexity index is 654. The molecule has 0 atom stereocenters. The van der Waals surface area contributed by atoms with Crippen molar-refractivity contribution in [1.29, 1.82) is 0 Å². The predicted octanol–water partition coefficient (Wildman–Crippen LogP) is 1.51. The topological polar surface area (TPSA) is 97.7 Å². The van der Waals surface area contributed by atoms with Crippen LogP contribution in [0.4, 0.5) is 5.69 Å². The Balaban J connectivity index is 3.68. The Hall–Kier alpha value is -0.920. The van der Waals surface area contributed by atoms with E-state index in [4.69, 9.17) is 21.4 Å². The fourth-order valence-corrected chi connectivity index (χ4v) is 2.62. The molecule has 0 N–H and O–H groups in total. The Morgan fingerprint density at radius 2 is 1.35 bits per heavy atom. The summed E-state index contributed by atoms with van der Waals surface area (Å²) in [6, 6.07) is 2.59. The Labute approximate surface area is 106 Å². The fraction of sp³-hybridized carbons (Fsp3) is 0. The number of isocyanates is 1. The summed E-state index contributed by atoms with van der Waals surface area (Å²) in [6.45, 7) is 0. The van der Waals surface area contributed by atoms with Gasteiger partial charge in [-0.15, -0.1) is 0 Å². The molecule has 0 heterocycles. The SMILES string of the molecule is O=C=Nc1cc(S(=O)(=O)Cl)cc(S(=O)(=O)Cl)c1. The van der Waals surface area contributed by atoms with Gasteiger partial charge in [0.25, 0.3) is 18.1 Å². The molecule has 0 bridgehead atoms. The second-order valence-corrected chi connectivity index (χ2v) is 7.87. The Morgan fingerprint density at radius 3 is 1.65 bits per heavy atom. The summed E-state index contributed by atoms with van der Waals surface area (Å²) >= 11 is 0. The second-order valence-electron chi connectivity index (χ2n) is 2.74. The lowest BCUT2D eigenvalue weighted by atomic mass is 10.3. The summed E-state index contributed by atoms with van der Waals surface area (Å²) in [5, 5.41) is 0. The predicted molar refractivity (Wildman–Crippen MR) is 60.3 cm³/mol. The van der Waals surface area contributed by atoms with Crippen molar-refractivity contribution in [1.82, 2.24) is 0 Å². The summed E-state index contributed by atoms with van der Waals surface area (Å²) in [7, 11) is 1.76. The van der Waals surface area contributed by atoms with Gasteiger partial charge in [-0.3, -0.25) is 0 Å². The van der Waals surface area contributed by atoms with Crippen molar-refractivity contribution in [3.05, 3.63) is 18.2 Å². The molecule has 0 amide bonds. The third-order valence-corrected chi connectivity index (χ3v) is 4.27. The van der Waals surface area contributed by atoms with Crippen LogP contribution in [0.3, 0.4) is 0 Å². The van der Waals surface area contributed by atoms with E-state index in [0.29, 0.717) is 0 Å². The second kappa shape index (κ2) is 4.75. The van der Waals surface area contributed by atoms with Gasteiger partial charge in [0.15, 0.2) is 0 Å². The maximum Gasteiger partial charge on any atom is 0.261 e. The van der Waals surface area contributed by atoms with Crippen molar-refractivity contribution < 1.29 is 21.6 Å². The van der Waals surface area contributed by atoms with Crippen LogP contribution >= 0.6 is 21.4 Å². The van der Waals surface area contributed by atoms with E-state index in [2.05, 4.69) is 4.99 Å². The van der Waals surface area contributed by atoms with Gasteiger partial charge in [-0.2, -0.15) is 4.99 Å². The third kappa shape index (κ3) is 3.79. The molecule has 0 spiro atoms. The van der Waals surface area contributed by atoms with E-state index >= 15 is 0 Å². The van der Waals surface area contributed by atoms with E-state index in [1.54, 1.807) is 0 Å². The molecule has 0 fully saturated rings. The van der Waals surface area contributed by atoms with Crippen LogP contribution in [0.1, 0.15) is 0 Å². The van der Waals surface area contributed by atoms with Gasteiger partial charge in [0, 0.05) is 21.4 Å². The van der Waals surface area contributed by atoms with E-state index in [9.17, 15) is 21.6 Å². The van der Waals surface area contributed by atoms with Crippen molar-refractivity contribution in [2.24, 2.45) is 4.99 Å². The monoisotopic (exact) mass is 315 g/mol. The van der Waals surface area contributed by atoms with E-state index in [0.717, 1.165) is 24.3 Å². The van der Waals surface area contributed by atoms with Crippen molar-refractivity contribution in [2.75, 3.05) is 0 Å². The average Bonchev–Trinajstić information content (AvgIpc) is 2.15. The molecule has 1 rings (SSSR count). The van der Waals surface area contributed by atoms with Gasteiger partial charge in [-0.1, -0.05) is 0 Å². The first-order chi connectivity index (χ1) is 7.64. The number of hydrogen-bond donors (Lipinski definition) is 0. The number of halogens is 2. The van der Waals surface area contributed by atoms with Gasteiger partial charge in [0.1, 0.15) is 0 Å². The number of hydrogen-bond acceptors (Lipinski definition) is 6. The number of carbonyl (C=O) groups excluding carboxylic acids is 1. The van der Waals surface area contributed by atoms with E-state index in [-0.39, 0.29) is 5.69 Å². The van der Waals surface area contributed by atoms with Crippen LogP contribution in [0.25, 0.3) is 0 Å². The van der Waals surface area contributed by atoms with Gasteiger partial charge >= 0.3 is 0 Å². The molecule has 0 aromatic heterocycles. The van der Waals surface area contributed by atoms with Crippen LogP contribution in [0.5, 0.6) is 0 Å². The zero-order valence-corrected chi connectivity index (χ0v) is 10.9. The highest BCUT2D eigenvalue weighted by Crippen LogP contribution is 2.27. The Kier molecular flexibility index (Phi) is 3.95. The van der Waals surface area contributed by atoms with Crippen molar-refractivity contribution in [3.63, 3.8) is 0 Å². The van der Waals surface area contributed by atoms with Gasteiger partial charge in [0.2, 0.25) is 6.08 Å². The molecule has 0 aliphatic heterocycles. The van der Waals surface area contributed by atoms with Crippen LogP contribution in [0.15, 0.2) is 33.0 Å². The standard InChI is InChI=1S/C7H3Cl2NO5S2/c8-16(12,13)6-1-5(10-4-11)2-7(3-6)17(9,14)15/h1-3H. The summed E-state index contributed by atoms with van der Waals surface area (Å²) in [4.78, 5) is 12.1. The van der Waals surface area contributed by atoms with Gasteiger partial charge in [-0.05, 0) is 18.2 Å². The molecule has 17 heavy (non-hydrogen) atoms. The summed E-state index contributed by atoms with van der Waals surface area (Å²) in [5.74, 6) is 0. The minimum Gasteiger partial charge on any atom is -0.211 e. The molecule has 92 valence electrons. The molecule has 6 nitrogen and oxygen atoms in total. The molecule has 1 aromatic rings. The van der Waals surface area contributed by atoms with Crippen LogP contribution in [0.2, 0.25) is 0 Å². The summed E-state index contributed by atoms with van der Waals surface area (Å²) in [6.07, 6.45) is 1.14. The quantitative estimate of drug-likeness (QED) is 0.478. The molecule has 0 radical (unpaired) electrons. The normalized spacial score (nSPS) is 11.9. The highest BCUT2D eigenvalue weighted by molar-refractivity contribution is 8.14. The first-order valence-electron chi connectivity index (χ1n) is 3.77. The lowest BCUT2D eigenvalue weighted by Gasteiger charge is -2.01. The van der Waals surface area contributed by atoms with Crippen molar-refractivity contribution in [3.8, 4) is 0 Å². The lowest BCUT2D eigenvalue weighted by Crippen LogP contribution is -1.96. The summed E-state index contributed by atoms with van der Waals surface area (Å²) in [5.41, 5.74) is -0.235. The van der Waals surface area contributed by atoms with Gasteiger partial charge in [0.05, 0.1) is 15.5 Å². The van der Waals surface area contributed by atoms with Gasteiger partial charge < -0.3 is 0 Å². The van der Waals surface area contributed by atoms with E-state index < -0.39 is 27.9 Å². The van der Waals surface area contributed by atoms with Crippen molar-refractivity contribution >= 4 is 51.2 Å².